The normalized spacial score (nSPS) is 25.2. The van der Waals surface area contributed by atoms with Crippen LogP contribution in [0, 0.1) is 5.92 Å². The van der Waals surface area contributed by atoms with Crippen molar-refractivity contribution in [3.63, 3.8) is 0 Å². The lowest BCUT2D eigenvalue weighted by Gasteiger charge is -2.27. The van der Waals surface area contributed by atoms with Crippen LogP contribution in [0.25, 0.3) is 0 Å². The molecule has 22 heavy (non-hydrogen) atoms. The van der Waals surface area contributed by atoms with Crippen molar-refractivity contribution >= 4 is 12.0 Å². The van der Waals surface area contributed by atoms with E-state index in [0.29, 0.717) is 25.4 Å². The van der Waals surface area contributed by atoms with Crippen molar-refractivity contribution in [3.8, 4) is 0 Å². The first-order valence-electron chi connectivity index (χ1n) is 8.05. The molecule has 1 N–H and O–H groups in total. The molecule has 0 bridgehead atoms. The van der Waals surface area contributed by atoms with E-state index < -0.39 is 11.2 Å². The average molecular weight is 312 g/mol. The Labute approximate surface area is 132 Å². The van der Waals surface area contributed by atoms with Crippen LogP contribution in [0.3, 0.4) is 0 Å². The Kier molecular flexibility index (Phi) is 5.00. The third-order valence-electron chi connectivity index (χ3n) is 3.92. The second-order valence-electron chi connectivity index (χ2n) is 7.64. The van der Waals surface area contributed by atoms with Gasteiger partial charge in [-0.15, -0.1) is 0 Å². The summed E-state index contributed by atoms with van der Waals surface area (Å²) in [6.07, 6.45) is 2.81. The molecular weight excluding hydrogens is 284 g/mol. The maximum atomic E-state index is 12.0. The second kappa shape index (κ2) is 6.44. The summed E-state index contributed by atoms with van der Waals surface area (Å²) in [6, 6.07) is 0. The predicted octanol–water partition coefficient (Wildman–Crippen LogP) is 1.93. The fourth-order valence-corrected chi connectivity index (χ4v) is 2.40. The highest BCUT2D eigenvalue weighted by Gasteiger charge is 2.39. The molecule has 1 saturated heterocycles. The smallest absolute Gasteiger partial charge is 0.410 e. The van der Waals surface area contributed by atoms with Crippen molar-refractivity contribution < 1.29 is 19.1 Å². The predicted molar refractivity (Wildman–Crippen MR) is 82.5 cm³/mol. The van der Waals surface area contributed by atoms with Crippen LogP contribution in [0.2, 0.25) is 0 Å². The van der Waals surface area contributed by atoms with Crippen LogP contribution >= 0.6 is 0 Å². The summed E-state index contributed by atoms with van der Waals surface area (Å²) >= 11 is 0. The van der Waals surface area contributed by atoms with Crippen molar-refractivity contribution in [3.05, 3.63) is 0 Å². The maximum Gasteiger partial charge on any atom is 0.410 e. The minimum Gasteiger partial charge on any atom is -0.444 e. The standard InChI is InChI=1S/C16H28N2O4/c1-15(2,3)22-14(20)18-8-7-16(4,11-18)21-10-13(19)17-9-12-5-6-12/h12H,5-11H2,1-4H3,(H,17,19). The Morgan fingerprint density at radius 2 is 2.00 bits per heavy atom. The van der Waals surface area contributed by atoms with Crippen molar-refractivity contribution in [1.29, 1.82) is 0 Å². The van der Waals surface area contributed by atoms with E-state index in [1.54, 1.807) is 4.90 Å². The van der Waals surface area contributed by atoms with Crippen molar-refractivity contribution in [2.75, 3.05) is 26.2 Å². The largest absolute Gasteiger partial charge is 0.444 e. The lowest BCUT2D eigenvalue weighted by molar-refractivity contribution is -0.131. The Bertz CT molecular complexity index is 428. The molecule has 126 valence electrons. The zero-order chi connectivity index (χ0) is 16.4. The van der Waals surface area contributed by atoms with Crippen LogP contribution < -0.4 is 5.32 Å². The van der Waals surface area contributed by atoms with Crippen molar-refractivity contribution in [1.82, 2.24) is 10.2 Å². The summed E-state index contributed by atoms with van der Waals surface area (Å²) in [5.74, 6) is 0.581. The molecule has 0 aromatic carbocycles. The van der Waals surface area contributed by atoms with E-state index in [-0.39, 0.29) is 18.6 Å². The Hall–Kier alpha value is -1.30. The van der Waals surface area contributed by atoms with Gasteiger partial charge in [-0.2, -0.15) is 0 Å². The maximum absolute atomic E-state index is 12.0. The molecular formula is C16H28N2O4. The molecule has 0 radical (unpaired) electrons. The number of amides is 2. The molecule has 1 aliphatic heterocycles. The molecule has 6 nitrogen and oxygen atoms in total. The van der Waals surface area contributed by atoms with Gasteiger partial charge in [0.2, 0.25) is 5.91 Å². The van der Waals surface area contributed by atoms with E-state index in [9.17, 15) is 9.59 Å². The SMILES string of the molecule is CC(C)(C)OC(=O)N1CCC(C)(OCC(=O)NCC2CC2)C1. The Morgan fingerprint density at radius 3 is 2.59 bits per heavy atom. The van der Waals surface area contributed by atoms with E-state index >= 15 is 0 Å². The van der Waals surface area contributed by atoms with Gasteiger partial charge in [-0.1, -0.05) is 0 Å². The van der Waals surface area contributed by atoms with Gasteiger partial charge in [0.15, 0.2) is 0 Å². The van der Waals surface area contributed by atoms with Crippen LogP contribution in [0.5, 0.6) is 0 Å². The average Bonchev–Trinajstić information content (AvgIpc) is 3.14. The fraction of sp³-hybridized carbons (Fsp3) is 0.875. The third kappa shape index (κ3) is 5.48. The van der Waals surface area contributed by atoms with Crippen LogP contribution in [-0.4, -0.2) is 54.3 Å². The fourth-order valence-electron chi connectivity index (χ4n) is 2.40. The Morgan fingerprint density at radius 1 is 1.32 bits per heavy atom. The summed E-state index contributed by atoms with van der Waals surface area (Å²) in [5, 5.41) is 2.88. The van der Waals surface area contributed by atoms with E-state index in [0.717, 1.165) is 6.54 Å². The number of nitrogens with one attached hydrogen (secondary N) is 1. The highest BCUT2D eigenvalue weighted by molar-refractivity contribution is 5.77. The summed E-state index contributed by atoms with van der Waals surface area (Å²) in [4.78, 5) is 25.4. The number of carbonyl (C=O) groups is 2. The van der Waals surface area contributed by atoms with E-state index in [1.807, 2.05) is 27.7 Å². The number of carbonyl (C=O) groups excluding carboxylic acids is 2. The van der Waals surface area contributed by atoms with Crippen LogP contribution in [0.1, 0.15) is 47.0 Å². The van der Waals surface area contributed by atoms with Crippen LogP contribution in [-0.2, 0) is 14.3 Å². The molecule has 0 aromatic heterocycles. The molecule has 1 aliphatic carbocycles. The number of hydrogen-bond acceptors (Lipinski definition) is 4. The quantitative estimate of drug-likeness (QED) is 0.842. The number of rotatable bonds is 5. The Balaban J connectivity index is 1.72. The van der Waals surface area contributed by atoms with Gasteiger partial charge in [-0.25, -0.2) is 4.79 Å². The van der Waals surface area contributed by atoms with Crippen molar-refractivity contribution in [2.24, 2.45) is 5.92 Å². The number of likely N-dealkylation sites (tertiary alicyclic amines) is 1. The molecule has 2 aliphatic rings. The van der Waals surface area contributed by atoms with Gasteiger partial charge >= 0.3 is 6.09 Å². The second-order valence-corrected chi connectivity index (χ2v) is 7.64. The minimum atomic E-state index is -0.500. The van der Waals surface area contributed by atoms with Gasteiger partial charge in [0.05, 0.1) is 12.1 Å². The lowest BCUT2D eigenvalue weighted by atomic mass is 10.1. The molecule has 1 unspecified atom stereocenters. The highest BCUT2D eigenvalue weighted by Crippen LogP contribution is 2.28. The molecule has 2 fully saturated rings. The number of ether oxygens (including phenoxy) is 2. The molecule has 1 atom stereocenters. The zero-order valence-electron chi connectivity index (χ0n) is 14.1. The first kappa shape index (κ1) is 17.1. The van der Waals surface area contributed by atoms with Gasteiger partial charge < -0.3 is 19.7 Å². The van der Waals surface area contributed by atoms with Crippen LogP contribution in [0.15, 0.2) is 0 Å². The van der Waals surface area contributed by atoms with E-state index in [4.69, 9.17) is 9.47 Å². The topological polar surface area (TPSA) is 67.9 Å². The molecule has 2 rings (SSSR count). The zero-order valence-corrected chi connectivity index (χ0v) is 14.1. The van der Waals surface area contributed by atoms with Crippen LogP contribution in [0.4, 0.5) is 4.79 Å². The molecule has 0 aromatic rings. The van der Waals surface area contributed by atoms with Crippen molar-refractivity contribution in [2.45, 2.75) is 58.2 Å². The summed E-state index contributed by atoms with van der Waals surface area (Å²) < 4.78 is 11.1. The number of nitrogens with zero attached hydrogens (tertiary/aromatic N) is 1. The molecule has 1 saturated carbocycles. The van der Waals surface area contributed by atoms with Gasteiger partial charge in [0.1, 0.15) is 12.2 Å². The third-order valence-corrected chi connectivity index (χ3v) is 3.92. The van der Waals surface area contributed by atoms with Gasteiger partial charge in [-0.3, -0.25) is 4.79 Å². The van der Waals surface area contributed by atoms with Gasteiger partial charge in [0.25, 0.3) is 0 Å². The van der Waals surface area contributed by atoms with Gasteiger partial charge in [0, 0.05) is 13.1 Å². The molecule has 0 spiro atoms. The monoisotopic (exact) mass is 312 g/mol. The first-order chi connectivity index (χ1) is 10.2. The summed E-state index contributed by atoms with van der Waals surface area (Å²) in [7, 11) is 0. The molecule has 2 amide bonds. The lowest BCUT2D eigenvalue weighted by Crippen LogP contribution is -2.41. The summed E-state index contributed by atoms with van der Waals surface area (Å²) in [5.41, 5.74) is -0.979. The van der Waals surface area contributed by atoms with Gasteiger partial charge in [-0.05, 0) is 52.9 Å². The number of hydrogen-bond donors (Lipinski definition) is 1. The minimum absolute atomic E-state index is 0.0470. The molecule has 1 heterocycles. The summed E-state index contributed by atoms with van der Waals surface area (Å²) in [6.45, 7) is 9.33. The van der Waals surface area contributed by atoms with E-state index in [2.05, 4.69) is 5.32 Å². The van der Waals surface area contributed by atoms with E-state index in [1.165, 1.54) is 12.8 Å². The molecule has 6 heteroatoms. The first-order valence-corrected chi connectivity index (χ1v) is 8.05. The highest BCUT2D eigenvalue weighted by atomic mass is 16.6.